The van der Waals surface area contributed by atoms with Crippen LogP contribution in [-0.4, -0.2) is 73.2 Å². The molecular weight excluding hydrogens is 402 g/mol. The van der Waals surface area contributed by atoms with Crippen molar-refractivity contribution in [3.63, 3.8) is 0 Å². The highest BCUT2D eigenvalue weighted by molar-refractivity contribution is 5.77. The lowest BCUT2D eigenvalue weighted by molar-refractivity contribution is -0.144. The van der Waals surface area contributed by atoms with Crippen molar-refractivity contribution in [1.82, 2.24) is 10.1 Å². The molecule has 2 aliphatic heterocycles. The number of anilines is 1. The minimum atomic E-state index is -0.479. The summed E-state index contributed by atoms with van der Waals surface area (Å²) in [5, 5.41) is 4.13. The number of likely N-dealkylation sites (tertiary alicyclic amines) is 1. The van der Waals surface area contributed by atoms with Crippen LogP contribution in [0.5, 0.6) is 0 Å². The predicted molar refractivity (Wildman–Crippen MR) is 114 cm³/mol. The third kappa shape index (κ3) is 5.90. The SMILES string of the molecule is COC(=O)C(c1cc(N2CC(OC3CCN(C(=O)OC(C)(C)C)CC3)C2)no1)C(C)C. The van der Waals surface area contributed by atoms with Gasteiger partial charge in [0, 0.05) is 32.2 Å². The van der Waals surface area contributed by atoms with E-state index in [2.05, 4.69) is 10.1 Å². The second-order valence-electron chi connectivity index (χ2n) is 9.66. The Morgan fingerprint density at radius 1 is 1.16 bits per heavy atom. The van der Waals surface area contributed by atoms with Gasteiger partial charge in [0.25, 0.3) is 0 Å². The van der Waals surface area contributed by atoms with E-state index >= 15 is 0 Å². The summed E-state index contributed by atoms with van der Waals surface area (Å²) in [5.74, 6) is 0.502. The Hall–Kier alpha value is -2.29. The van der Waals surface area contributed by atoms with Crippen LogP contribution in [-0.2, 0) is 19.0 Å². The number of ether oxygens (including phenoxy) is 3. The van der Waals surface area contributed by atoms with Crippen molar-refractivity contribution in [3.8, 4) is 0 Å². The fraction of sp³-hybridized carbons (Fsp3) is 0.773. The fourth-order valence-electron chi connectivity index (χ4n) is 3.90. The third-order valence-electron chi connectivity index (χ3n) is 5.59. The van der Waals surface area contributed by atoms with E-state index in [-0.39, 0.29) is 30.2 Å². The van der Waals surface area contributed by atoms with Crippen molar-refractivity contribution in [2.75, 3.05) is 38.2 Å². The van der Waals surface area contributed by atoms with Gasteiger partial charge in [-0.3, -0.25) is 4.79 Å². The Bertz CT molecular complexity index is 758. The molecule has 1 atom stereocenters. The van der Waals surface area contributed by atoms with Crippen LogP contribution in [0, 0.1) is 5.92 Å². The molecule has 3 rings (SSSR count). The van der Waals surface area contributed by atoms with Crippen molar-refractivity contribution < 1.29 is 28.3 Å². The number of nitrogens with zero attached hydrogens (tertiary/aromatic N) is 3. The Balaban J connectivity index is 1.43. The van der Waals surface area contributed by atoms with Crippen LogP contribution in [0.25, 0.3) is 0 Å². The number of hydrogen-bond acceptors (Lipinski definition) is 8. The molecule has 3 heterocycles. The molecule has 0 radical (unpaired) electrons. The first-order valence-electron chi connectivity index (χ1n) is 11.0. The van der Waals surface area contributed by atoms with E-state index in [1.54, 1.807) is 4.90 Å². The second-order valence-corrected chi connectivity index (χ2v) is 9.66. The number of aromatic nitrogens is 1. The predicted octanol–water partition coefficient (Wildman–Crippen LogP) is 3.19. The number of esters is 1. The average Bonchev–Trinajstić information content (AvgIpc) is 3.11. The van der Waals surface area contributed by atoms with Crippen LogP contribution in [0.4, 0.5) is 10.6 Å². The molecule has 9 nitrogen and oxygen atoms in total. The minimum absolute atomic E-state index is 0.0484. The second kappa shape index (κ2) is 9.46. The number of carbonyl (C=O) groups is 2. The Labute approximate surface area is 184 Å². The lowest BCUT2D eigenvalue weighted by atomic mass is 9.93. The standard InChI is InChI=1S/C22H35N3O6/c1-14(2)19(20(26)28-6)17-11-18(23-31-17)25-12-16(13-25)29-15-7-9-24(10-8-15)21(27)30-22(3,4)5/h11,14-16,19H,7-10,12-13H2,1-6H3. The Morgan fingerprint density at radius 2 is 1.81 bits per heavy atom. The van der Waals surface area contributed by atoms with E-state index in [1.165, 1.54) is 7.11 Å². The van der Waals surface area contributed by atoms with Gasteiger partial charge in [0.15, 0.2) is 11.6 Å². The number of amides is 1. The zero-order valence-corrected chi connectivity index (χ0v) is 19.4. The summed E-state index contributed by atoms with van der Waals surface area (Å²) in [6.45, 7) is 12.3. The van der Waals surface area contributed by atoms with E-state index in [9.17, 15) is 9.59 Å². The van der Waals surface area contributed by atoms with Crippen LogP contribution in [0.15, 0.2) is 10.6 Å². The summed E-state index contributed by atoms with van der Waals surface area (Å²) >= 11 is 0. The van der Waals surface area contributed by atoms with Gasteiger partial charge in [-0.15, -0.1) is 0 Å². The average molecular weight is 438 g/mol. The molecule has 0 N–H and O–H groups in total. The van der Waals surface area contributed by atoms with Crippen LogP contribution < -0.4 is 4.90 Å². The van der Waals surface area contributed by atoms with Crippen molar-refractivity contribution >= 4 is 17.9 Å². The van der Waals surface area contributed by atoms with E-state index in [0.29, 0.717) is 24.7 Å². The largest absolute Gasteiger partial charge is 0.468 e. The molecule has 0 aliphatic carbocycles. The molecule has 1 aromatic rings. The molecule has 2 aliphatic rings. The maximum atomic E-state index is 12.2. The molecule has 9 heteroatoms. The lowest BCUT2D eigenvalue weighted by Gasteiger charge is -2.42. The lowest BCUT2D eigenvalue weighted by Crippen LogP contribution is -2.54. The van der Waals surface area contributed by atoms with E-state index in [4.69, 9.17) is 18.7 Å². The topological polar surface area (TPSA) is 94.3 Å². The van der Waals surface area contributed by atoms with Crippen molar-refractivity contribution in [3.05, 3.63) is 11.8 Å². The van der Waals surface area contributed by atoms with Gasteiger partial charge in [-0.05, 0) is 39.5 Å². The fourth-order valence-corrected chi connectivity index (χ4v) is 3.90. The van der Waals surface area contributed by atoms with E-state index < -0.39 is 11.5 Å². The highest BCUT2D eigenvalue weighted by atomic mass is 16.6. The monoisotopic (exact) mass is 437 g/mol. The zero-order valence-electron chi connectivity index (χ0n) is 19.4. The van der Waals surface area contributed by atoms with Gasteiger partial charge in [-0.25, -0.2) is 4.79 Å². The summed E-state index contributed by atoms with van der Waals surface area (Å²) in [5.41, 5.74) is -0.479. The summed E-state index contributed by atoms with van der Waals surface area (Å²) < 4.78 is 22.0. The molecule has 1 aromatic heterocycles. The minimum Gasteiger partial charge on any atom is -0.468 e. The van der Waals surface area contributed by atoms with Gasteiger partial charge >= 0.3 is 12.1 Å². The molecule has 0 aromatic carbocycles. The summed E-state index contributed by atoms with van der Waals surface area (Å²) in [6, 6.07) is 1.82. The normalized spacial score (nSPS) is 19.3. The summed E-state index contributed by atoms with van der Waals surface area (Å²) in [4.78, 5) is 28.0. The first-order valence-corrected chi connectivity index (χ1v) is 11.0. The molecule has 0 saturated carbocycles. The molecule has 1 unspecified atom stereocenters. The van der Waals surface area contributed by atoms with Crippen LogP contribution in [0.3, 0.4) is 0 Å². The van der Waals surface area contributed by atoms with Gasteiger partial charge in [0.1, 0.15) is 11.5 Å². The molecule has 0 bridgehead atoms. The zero-order chi connectivity index (χ0) is 22.8. The van der Waals surface area contributed by atoms with Gasteiger partial charge in [0.2, 0.25) is 0 Å². The van der Waals surface area contributed by atoms with Gasteiger partial charge < -0.3 is 28.5 Å². The van der Waals surface area contributed by atoms with Crippen LogP contribution in [0.2, 0.25) is 0 Å². The summed E-state index contributed by atoms with van der Waals surface area (Å²) in [6.07, 6.45) is 1.62. The molecule has 2 fully saturated rings. The molecule has 31 heavy (non-hydrogen) atoms. The maximum Gasteiger partial charge on any atom is 0.410 e. The third-order valence-corrected chi connectivity index (χ3v) is 5.59. The number of piperidine rings is 1. The number of carbonyl (C=O) groups excluding carboxylic acids is 2. The highest BCUT2D eigenvalue weighted by Gasteiger charge is 2.36. The number of methoxy groups -OCH3 is 1. The molecule has 2 saturated heterocycles. The first-order chi connectivity index (χ1) is 14.6. The Kier molecular flexibility index (Phi) is 7.13. The van der Waals surface area contributed by atoms with E-state index in [1.807, 2.05) is 40.7 Å². The summed E-state index contributed by atoms with van der Waals surface area (Å²) in [7, 11) is 1.38. The van der Waals surface area contributed by atoms with Crippen LogP contribution in [0.1, 0.15) is 59.1 Å². The van der Waals surface area contributed by atoms with Gasteiger partial charge in [-0.1, -0.05) is 19.0 Å². The smallest absolute Gasteiger partial charge is 0.410 e. The number of rotatable bonds is 6. The van der Waals surface area contributed by atoms with E-state index in [0.717, 1.165) is 25.9 Å². The maximum absolute atomic E-state index is 12.2. The molecular formula is C22H35N3O6. The first kappa shape index (κ1) is 23.4. The highest BCUT2D eigenvalue weighted by Crippen LogP contribution is 2.31. The van der Waals surface area contributed by atoms with Gasteiger partial charge in [0.05, 0.1) is 19.3 Å². The molecule has 1 amide bonds. The van der Waals surface area contributed by atoms with Crippen LogP contribution >= 0.6 is 0 Å². The molecule has 0 spiro atoms. The van der Waals surface area contributed by atoms with Crippen molar-refractivity contribution in [2.45, 2.75) is 71.2 Å². The quantitative estimate of drug-likeness (QED) is 0.626. The van der Waals surface area contributed by atoms with Crippen molar-refractivity contribution in [2.24, 2.45) is 5.92 Å². The van der Waals surface area contributed by atoms with Gasteiger partial charge in [-0.2, -0.15) is 0 Å². The van der Waals surface area contributed by atoms with Crippen molar-refractivity contribution in [1.29, 1.82) is 0 Å². The molecule has 174 valence electrons. The number of hydrogen-bond donors (Lipinski definition) is 0. The Morgan fingerprint density at radius 3 is 2.35 bits per heavy atom.